The zero-order valence-corrected chi connectivity index (χ0v) is 15.3. The van der Waals surface area contributed by atoms with Crippen LogP contribution in [0.4, 0.5) is 10.5 Å². The normalized spacial score (nSPS) is 14.4. The molecule has 1 aliphatic rings. The smallest absolute Gasteiger partial charge is 0.321 e. The fourth-order valence-corrected chi connectivity index (χ4v) is 3.03. The summed E-state index contributed by atoms with van der Waals surface area (Å²) >= 11 is 0. The average Bonchev–Trinajstić information content (AvgIpc) is 2.68. The van der Waals surface area contributed by atoms with Crippen molar-refractivity contribution in [2.24, 2.45) is 0 Å². The monoisotopic (exact) mass is 351 g/mol. The van der Waals surface area contributed by atoms with E-state index in [1.54, 1.807) is 4.90 Å². The molecule has 1 fully saturated rings. The van der Waals surface area contributed by atoms with Gasteiger partial charge in [0, 0.05) is 37.4 Å². The van der Waals surface area contributed by atoms with Gasteiger partial charge in [-0.15, -0.1) is 0 Å². The number of carbonyl (C=O) groups excluding carboxylic acids is 2. The van der Waals surface area contributed by atoms with Crippen molar-refractivity contribution < 1.29 is 9.59 Å². The molecular formula is C21H25N3O2. The number of hydrogen-bond donors (Lipinski definition) is 1. The van der Waals surface area contributed by atoms with Gasteiger partial charge >= 0.3 is 6.03 Å². The minimum absolute atomic E-state index is 0.0309. The molecular weight excluding hydrogens is 326 g/mol. The quantitative estimate of drug-likeness (QED) is 0.914. The Kier molecular flexibility index (Phi) is 5.56. The van der Waals surface area contributed by atoms with Gasteiger partial charge in [-0.3, -0.25) is 4.79 Å². The van der Waals surface area contributed by atoms with Crippen molar-refractivity contribution in [3.05, 3.63) is 65.7 Å². The van der Waals surface area contributed by atoms with Gasteiger partial charge in [0.15, 0.2) is 0 Å². The topological polar surface area (TPSA) is 52.7 Å². The number of carbonyl (C=O) groups is 2. The van der Waals surface area contributed by atoms with Crippen molar-refractivity contribution in [1.82, 2.24) is 9.80 Å². The number of anilines is 1. The summed E-state index contributed by atoms with van der Waals surface area (Å²) in [4.78, 5) is 28.5. The molecule has 0 aromatic heterocycles. The summed E-state index contributed by atoms with van der Waals surface area (Å²) in [6.45, 7) is 6.44. The molecule has 1 saturated heterocycles. The first-order chi connectivity index (χ1) is 12.5. The molecule has 5 nitrogen and oxygen atoms in total. The molecule has 0 radical (unpaired) electrons. The molecule has 5 heteroatoms. The highest BCUT2D eigenvalue weighted by atomic mass is 16.2. The molecule has 0 bridgehead atoms. The molecule has 0 saturated carbocycles. The van der Waals surface area contributed by atoms with Gasteiger partial charge in [-0.1, -0.05) is 44.2 Å². The van der Waals surface area contributed by atoms with Crippen LogP contribution in [0.3, 0.4) is 0 Å². The lowest BCUT2D eigenvalue weighted by molar-refractivity contribution is 0.0671. The van der Waals surface area contributed by atoms with E-state index in [0.717, 1.165) is 5.69 Å². The van der Waals surface area contributed by atoms with E-state index in [-0.39, 0.29) is 11.9 Å². The molecule has 3 rings (SSSR count). The van der Waals surface area contributed by atoms with E-state index in [1.165, 1.54) is 5.56 Å². The second kappa shape index (κ2) is 8.04. The predicted octanol–water partition coefficient (Wildman–Crippen LogP) is 3.80. The Hall–Kier alpha value is -2.82. The highest BCUT2D eigenvalue weighted by Crippen LogP contribution is 2.16. The van der Waals surface area contributed by atoms with E-state index in [1.807, 2.05) is 59.5 Å². The van der Waals surface area contributed by atoms with Crippen LogP contribution in [-0.4, -0.2) is 47.9 Å². The van der Waals surface area contributed by atoms with Crippen molar-refractivity contribution in [1.29, 1.82) is 0 Å². The molecule has 0 atom stereocenters. The number of nitrogens with one attached hydrogen (secondary N) is 1. The third-order valence-corrected chi connectivity index (χ3v) is 4.70. The minimum atomic E-state index is -0.121. The van der Waals surface area contributed by atoms with Gasteiger partial charge < -0.3 is 15.1 Å². The highest BCUT2D eigenvalue weighted by molar-refractivity contribution is 5.94. The maximum absolute atomic E-state index is 12.7. The van der Waals surface area contributed by atoms with Crippen LogP contribution in [-0.2, 0) is 0 Å². The van der Waals surface area contributed by atoms with Crippen LogP contribution in [0.2, 0.25) is 0 Å². The first-order valence-corrected chi connectivity index (χ1v) is 9.05. The van der Waals surface area contributed by atoms with Crippen molar-refractivity contribution in [3.8, 4) is 0 Å². The highest BCUT2D eigenvalue weighted by Gasteiger charge is 2.24. The second-order valence-corrected chi connectivity index (χ2v) is 6.85. The minimum Gasteiger partial charge on any atom is -0.335 e. The van der Waals surface area contributed by atoms with E-state index in [2.05, 4.69) is 19.2 Å². The SMILES string of the molecule is CC(C)c1ccc(C(=O)N2CCN(C(=O)Nc3ccccc3)CC2)cc1. The van der Waals surface area contributed by atoms with Gasteiger partial charge in [0.05, 0.1) is 0 Å². The summed E-state index contributed by atoms with van der Waals surface area (Å²) in [6.07, 6.45) is 0. The van der Waals surface area contributed by atoms with Crippen LogP contribution in [0, 0.1) is 0 Å². The second-order valence-electron chi connectivity index (χ2n) is 6.85. The summed E-state index contributed by atoms with van der Waals surface area (Å²) in [7, 11) is 0. The summed E-state index contributed by atoms with van der Waals surface area (Å²) in [5.41, 5.74) is 2.71. The van der Waals surface area contributed by atoms with E-state index in [0.29, 0.717) is 37.7 Å². The van der Waals surface area contributed by atoms with E-state index in [4.69, 9.17) is 0 Å². The average molecular weight is 351 g/mol. The molecule has 1 N–H and O–H groups in total. The Morgan fingerprint density at radius 3 is 2.00 bits per heavy atom. The number of hydrogen-bond acceptors (Lipinski definition) is 2. The van der Waals surface area contributed by atoms with E-state index in [9.17, 15) is 9.59 Å². The number of para-hydroxylation sites is 1. The Balaban J connectivity index is 1.54. The largest absolute Gasteiger partial charge is 0.335 e. The molecule has 3 amide bonds. The van der Waals surface area contributed by atoms with Gasteiger partial charge in [0.25, 0.3) is 5.91 Å². The molecule has 2 aromatic carbocycles. The molecule has 136 valence electrons. The number of urea groups is 1. The lowest BCUT2D eigenvalue weighted by Gasteiger charge is -2.34. The predicted molar refractivity (Wildman–Crippen MR) is 103 cm³/mol. The number of benzene rings is 2. The van der Waals surface area contributed by atoms with Crippen LogP contribution in [0.15, 0.2) is 54.6 Å². The Bertz CT molecular complexity index is 749. The van der Waals surface area contributed by atoms with Crippen molar-refractivity contribution in [2.75, 3.05) is 31.5 Å². The molecule has 1 heterocycles. The van der Waals surface area contributed by atoms with E-state index < -0.39 is 0 Å². The third-order valence-electron chi connectivity index (χ3n) is 4.70. The van der Waals surface area contributed by atoms with Crippen LogP contribution < -0.4 is 5.32 Å². The molecule has 1 aliphatic heterocycles. The number of piperazine rings is 1. The van der Waals surface area contributed by atoms with Crippen molar-refractivity contribution in [3.63, 3.8) is 0 Å². The summed E-state index contributed by atoms with van der Waals surface area (Å²) in [5, 5.41) is 2.89. The Labute approximate surface area is 154 Å². The van der Waals surface area contributed by atoms with Gasteiger partial charge in [-0.25, -0.2) is 4.79 Å². The fraction of sp³-hybridized carbons (Fsp3) is 0.333. The number of amides is 3. The van der Waals surface area contributed by atoms with Gasteiger partial charge in [-0.05, 0) is 35.7 Å². The lowest BCUT2D eigenvalue weighted by Crippen LogP contribution is -2.51. The fourth-order valence-electron chi connectivity index (χ4n) is 3.03. The van der Waals surface area contributed by atoms with Crippen LogP contribution >= 0.6 is 0 Å². The van der Waals surface area contributed by atoms with Gasteiger partial charge in [-0.2, -0.15) is 0 Å². The zero-order valence-electron chi connectivity index (χ0n) is 15.3. The summed E-state index contributed by atoms with van der Waals surface area (Å²) in [6, 6.07) is 17.1. The van der Waals surface area contributed by atoms with Crippen molar-refractivity contribution >= 4 is 17.6 Å². The van der Waals surface area contributed by atoms with Gasteiger partial charge in [0.1, 0.15) is 0 Å². The molecule has 26 heavy (non-hydrogen) atoms. The number of rotatable bonds is 3. The molecule has 0 spiro atoms. The first-order valence-electron chi connectivity index (χ1n) is 9.05. The molecule has 0 aliphatic carbocycles. The Morgan fingerprint density at radius 2 is 1.42 bits per heavy atom. The summed E-state index contributed by atoms with van der Waals surface area (Å²) < 4.78 is 0. The summed E-state index contributed by atoms with van der Waals surface area (Å²) in [5.74, 6) is 0.481. The molecule has 0 unspecified atom stereocenters. The first kappa shape index (κ1) is 18.0. The number of nitrogens with zero attached hydrogens (tertiary/aromatic N) is 2. The maximum atomic E-state index is 12.7. The van der Waals surface area contributed by atoms with E-state index >= 15 is 0 Å². The van der Waals surface area contributed by atoms with Crippen LogP contribution in [0.5, 0.6) is 0 Å². The third kappa shape index (κ3) is 4.23. The standard InChI is InChI=1S/C21H25N3O2/c1-16(2)17-8-10-18(11-9-17)20(25)23-12-14-24(15-13-23)21(26)22-19-6-4-3-5-7-19/h3-11,16H,12-15H2,1-2H3,(H,22,26). The van der Waals surface area contributed by atoms with Crippen molar-refractivity contribution in [2.45, 2.75) is 19.8 Å². The van der Waals surface area contributed by atoms with Crippen LogP contribution in [0.1, 0.15) is 35.7 Å². The Morgan fingerprint density at radius 1 is 0.846 bits per heavy atom. The lowest BCUT2D eigenvalue weighted by atomic mass is 10.0. The maximum Gasteiger partial charge on any atom is 0.321 e. The van der Waals surface area contributed by atoms with Crippen LogP contribution in [0.25, 0.3) is 0 Å². The molecule has 2 aromatic rings. The van der Waals surface area contributed by atoms with Gasteiger partial charge in [0.2, 0.25) is 0 Å². The zero-order chi connectivity index (χ0) is 18.5.